The van der Waals surface area contributed by atoms with E-state index in [0.717, 1.165) is 12.8 Å². The van der Waals surface area contributed by atoms with Crippen molar-refractivity contribution < 1.29 is 18.5 Å². The maximum absolute atomic E-state index is 11.7. The fraction of sp³-hybridized carbons (Fsp3) is 1.00. The van der Waals surface area contributed by atoms with Crippen molar-refractivity contribution in [3.05, 3.63) is 0 Å². The van der Waals surface area contributed by atoms with Gasteiger partial charge in [0.2, 0.25) is 0 Å². The highest BCUT2D eigenvalue weighted by molar-refractivity contribution is 7.47. The molecule has 0 radical (unpaired) electrons. The molecule has 0 amide bonds. The van der Waals surface area contributed by atoms with Crippen LogP contribution in [0.2, 0.25) is 0 Å². The van der Waals surface area contributed by atoms with Crippen LogP contribution in [-0.2, 0) is 13.6 Å². The van der Waals surface area contributed by atoms with Crippen molar-refractivity contribution in [3.63, 3.8) is 0 Å². The van der Waals surface area contributed by atoms with Crippen molar-refractivity contribution in [2.24, 2.45) is 0 Å². The summed E-state index contributed by atoms with van der Waals surface area (Å²) in [5.41, 5.74) is 0. The normalized spacial score (nSPS) is 15.0. The second kappa shape index (κ2) is 19.4. The largest absolute Gasteiger partial charge is 0.472 e. The maximum Gasteiger partial charge on any atom is 0.472 e. The molecule has 5 heteroatoms. The van der Waals surface area contributed by atoms with Crippen LogP contribution >= 0.6 is 7.82 Å². The van der Waals surface area contributed by atoms with Gasteiger partial charge in [0.05, 0.1) is 12.7 Å². The Hall–Kier alpha value is 0.110. The summed E-state index contributed by atoms with van der Waals surface area (Å²) in [6.45, 7) is 6.28. The van der Waals surface area contributed by atoms with Gasteiger partial charge in [-0.3, -0.25) is 9.05 Å². The van der Waals surface area contributed by atoms with Gasteiger partial charge in [0.15, 0.2) is 0 Å². The third kappa shape index (κ3) is 20.7. The first kappa shape index (κ1) is 27.1. The first-order chi connectivity index (χ1) is 13.0. The lowest BCUT2D eigenvalue weighted by molar-refractivity contribution is 0.109. The third-order valence-corrected chi connectivity index (χ3v) is 6.28. The molecule has 0 aliphatic heterocycles. The van der Waals surface area contributed by atoms with Gasteiger partial charge in [-0.2, -0.15) is 0 Å². The molecule has 0 aromatic carbocycles. The SMILES string of the molecule is CCCCCCCCCCCCCCCCCCOP(=O)(O)OC(C)CC. The second-order valence-electron chi connectivity index (χ2n) is 7.93. The summed E-state index contributed by atoms with van der Waals surface area (Å²) < 4.78 is 21.7. The van der Waals surface area contributed by atoms with Crippen LogP contribution in [0.15, 0.2) is 0 Å². The van der Waals surface area contributed by atoms with E-state index in [1.807, 2.05) is 6.92 Å². The van der Waals surface area contributed by atoms with E-state index in [9.17, 15) is 9.46 Å². The van der Waals surface area contributed by atoms with Crippen molar-refractivity contribution in [1.82, 2.24) is 0 Å². The average molecular weight is 407 g/mol. The smallest absolute Gasteiger partial charge is 0.302 e. The zero-order chi connectivity index (χ0) is 20.2. The van der Waals surface area contributed by atoms with Crippen LogP contribution in [0.25, 0.3) is 0 Å². The Labute approximate surface area is 169 Å². The zero-order valence-electron chi connectivity index (χ0n) is 18.4. The topological polar surface area (TPSA) is 55.8 Å². The van der Waals surface area contributed by atoms with Gasteiger partial charge < -0.3 is 4.89 Å². The van der Waals surface area contributed by atoms with E-state index in [0.29, 0.717) is 13.0 Å². The van der Waals surface area contributed by atoms with Crippen LogP contribution in [0.5, 0.6) is 0 Å². The van der Waals surface area contributed by atoms with Crippen LogP contribution < -0.4 is 0 Å². The minimum Gasteiger partial charge on any atom is -0.302 e. The molecular formula is C22H47O4P. The first-order valence-corrected chi connectivity index (χ1v) is 13.2. The van der Waals surface area contributed by atoms with Crippen LogP contribution in [0.1, 0.15) is 130 Å². The van der Waals surface area contributed by atoms with E-state index in [2.05, 4.69) is 6.92 Å². The Morgan fingerprint density at radius 3 is 1.44 bits per heavy atom. The molecule has 0 saturated carbocycles. The molecule has 27 heavy (non-hydrogen) atoms. The van der Waals surface area contributed by atoms with Crippen molar-refractivity contribution in [1.29, 1.82) is 0 Å². The van der Waals surface area contributed by atoms with Crippen molar-refractivity contribution in [2.45, 2.75) is 136 Å². The molecule has 0 bridgehead atoms. The molecule has 2 atom stereocenters. The quantitative estimate of drug-likeness (QED) is 0.154. The van der Waals surface area contributed by atoms with Gasteiger partial charge in [-0.05, 0) is 19.8 Å². The minimum atomic E-state index is -3.86. The summed E-state index contributed by atoms with van der Waals surface area (Å²) in [6, 6.07) is 0. The highest BCUT2D eigenvalue weighted by Crippen LogP contribution is 2.45. The minimum absolute atomic E-state index is 0.244. The Kier molecular flexibility index (Phi) is 19.5. The number of phosphoric ester groups is 1. The molecule has 2 unspecified atom stereocenters. The van der Waals surface area contributed by atoms with Crippen LogP contribution in [0, 0.1) is 0 Å². The Balaban J connectivity index is 3.22. The van der Waals surface area contributed by atoms with E-state index >= 15 is 0 Å². The predicted octanol–water partition coefficient (Wildman–Crippen LogP) is 8.18. The summed E-state index contributed by atoms with van der Waals surface area (Å²) >= 11 is 0. The van der Waals surface area contributed by atoms with Crippen molar-refractivity contribution >= 4 is 7.82 Å². The number of unbranched alkanes of at least 4 members (excludes halogenated alkanes) is 15. The van der Waals surface area contributed by atoms with E-state index in [-0.39, 0.29) is 6.10 Å². The standard InChI is InChI=1S/C22H47O4P/c1-4-6-7-8-9-10-11-12-13-14-15-16-17-18-19-20-21-25-27(23,24)26-22(3)5-2/h22H,4-21H2,1-3H3,(H,23,24). The molecule has 0 spiro atoms. The van der Waals surface area contributed by atoms with Gasteiger partial charge in [-0.15, -0.1) is 0 Å². The van der Waals surface area contributed by atoms with Crippen molar-refractivity contribution in [2.75, 3.05) is 6.61 Å². The fourth-order valence-corrected chi connectivity index (χ4v) is 4.19. The van der Waals surface area contributed by atoms with Crippen LogP contribution in [-0.4, -0.2) is 17.6 Å². The average Bonchev–Trinajstić information content (AvgIpc) is 2.63. The molecule has 1 N–H and O–H groups in total. The zero-order valence-corrected chi connectivity index (χ0v) is 19.3. The van der Waals surface area contributed by atoms with Gasteiger partial charge in [0.25, 0.3) is 0 Å². The van der Waals surface area contributed by atoms with Gasteiger partial charge in [-0.1, -0.05) is 110 Å². The molecule has 0 aromatic rings. The second-order valence-corrected chi connectivity index (χ2v) is 9.34. The molecular weight excluding hydrogens is 359 g/mol. The Morgan fingerprint density at radius 2 is 1.07 bits per heavy atom. The lowest BCUT2D eigenvalue weighted by Crippen LogP contribution is -2.06. The van der Waals surface area contributed by atoms with Gasteiger partial charge in [0, 0.05) is 0 Å². The monoisotopic (exact) mass is 406 g/mol. The van der Waals surface area contributed by atoms with E-state index in [1.165, 1.54) is 89.9 Å². The summed E-state index contributed by atoms with van der Waals surface area (Å²) in [4.78, 5) is 9.55. The molecule has 0 aromatic heterocycles. The molecule has 4 nitrogen and oxygen atoms in total. The molecule has 0 saturated heterocycles. The Bertz CT molecular complexity index is 349. The fourth-order valence-electron chi connectivity index (χ4n) is 3.16. The van der Waals surface area contributed by atoms with Gasteiger partial charge >= 0.3 is 7.82 Å². The third-order valence-electron chi connectivity index (χ3n) is 5.14. The molecule has 0 heterocycles. The summed E-state index contributed by atoms with van der Waals surface area (Å²) in [7, 11) is -3.86. The highest BCUT2D eigenvalue weighted by atomic mass is 31.2. The predicted molar refractivity (Wildman–Crippen MR) is 116 cm³/mol. The van der Waals surface area contributed by atoms with Gasteiger partial charge in [-0.25, -0.2) is 4.57 Å². The molecule has 164 valence electrons. The van der Waals surface area contributed by atoms with Crippen LogP contribution in [0.4, 0.5) is 0 Å². The maximum atomic E-state index is 11.7. The number of phosphoric acid groups is 1. The Morgan fingerprint density at radius 1 is 0.704 bits per heavy atom. The molecule has 0 aliphatic carbocycles. The lowest BCUT2D eigenvalue weighted by atomic mass is 10.0. The molecule has 0 aliphatic rings. The summed E-state index contributed by atoms with van der Waals surface area (Å²) in [5, 5.41) is 0. The van der Waals surface area contributed by atoms with E-state index in [1.54, 1.807) is 6.92 Å². The number of hydrogen-bond donors (Lipinski definition) is 1. The van der Waals surface area contributed by atoms with Crippen molar-refractivity contribution in [3.8, 4) is 0 Å². The van der Waals surface area contributed by atoms with Crippen LogP contribution in [0.3, 0.4) is 0 Å². The lowest BCUT2D eigenvalue weighted by Gasteiger charge is -2.16. The van der Waals surface area contributed by atoms with E-state index in [4.69, 9.17) is 9.05 Å². The summed E-state index contributed by atoms with van der Waals surface area (Å²) in [5.74, 6) is 0. The first-order valence-electron chi connectivity index (χ1n) is 11.7. The van der Waals surface area contributed by atoms with E-state index < -0.39 is 7.82 Å². The summed E-state index contributed by atoms with van der Waals surface area (Å²) in [6.07, 6.45) is 21.5. The highest BCUT2D eigenvalue weighted by Gasteiger charge is 2.23. The number of rotatable bonds is 21. The van der Waals surface area contributed by atoms with Gasteiger partial charge in [0.1, 0.15) is 0 Å². The molecule has 0 rings (SSSR count). The molecule has 0 fully saturated rings. The number of hydrogen-bond acceptors (Lipinski definition) is 3.